The van der Waals surface area contributed by atoms with E-state index in [4.69, 9.17) is 5.26 Å². The minimum Gasteiger partial charge on any atom is -0.505 e. The Morgan fingerprint density at radius 2 is 2.25 bits per heavy atom. The molecule has 3 aromatic rings. The quantitative estimate of drug-likeness (QED) is 0.695. The van der Waals surface area contributed by atoms with Gasteiger partial charge in [0.25, 0.3) is 0 Å². The molecule has 0 atom stereocenters. The number of nitriles is 1. The second kappa shape index (κ2) is 4.47. The second-order valence-corrected chi connectivity index (χ2v) is 5.11. The Morgan fingerprint density at radius 1 is 1.45 bits per heavy atom. The van der Waals surface area contributed by atoms with Gasteiger partial charge in [-0.25, -0.2) is 4.79 Å². The van der Waals surface area contributed by atoms with Crippen molar-refractivity contribution in [2.75, 3.05) is 7.11 Å². The van der Waals surface area contributed by atoms with E-state index in [1.165, 1.54) is 13.3 Å². The molecule has 0 aliphatic carbocycles. The number of thiophene rings is 1. The summed E-state index contributed by atoms with van der Waals surface area (Å²) in [5.41, 5.74) is 1.01. The monoisotopic (exact) mass is 284 g/mol. The normalized spacial score (nSPS) is 10.6. The summed E-state index contributed by atoms with van der Waals surface area (Å²) in [6.45, 7) is 0. The molecule has 1 N–H and O–H groups in total. The lowest BCUT2D eigenvalue weighted by Crippen LogP contribution is -1.97. The van der Waals surface area contributed by atoms with Crippen LogP contribution >= 0.6 is 11.3 Å². The van der Waals surface area contributed by atoms with Crippen LogP contribution in [0.25, 0.3) is 21.0 Å². The molecule has 20 heavy (non-hydrogen) atoms. The minimum atomic E-state index is -0.590. The molecule has 98 valence electrons. The maximum atomic E-state index is 11.6. The molecule has 0 saturated heterocycles. The van der Waals surface area contributed by atoms with Gasteiger partial charge in [0.1, 0.15) is 11.8 Å². The lowest BCUT2D eigenvalue weighted by Gasteiger charge is -2.00. The fourth-order valence-electron chi connectivity index (χ4n) is 2.07. The largest absolute Gasteiger partial charge is 0.505 e. The number of para-hydroxylation sites is 1. The highest BCUT2D eigenvalue weighted by Gasteiger charge is 2.20. The zero-order valence-electron chi connectivity index (χ0n) is 10.4. The lowest BCUT2D eigenvalue weighted by atomic mass is 10.1. The molecule has 0 unspecified atom stereocenters. The van der Waals surface area contributed by atoms with Gasteiger partial charge < -0.3 is 9.84 Å². The fraction of sp³-hybridized carbons (Fsp3) is 0.0714. The molecule has 0 saturated carbocycles. The van der Waals surface area contributed by atoms with Crippen LogP contribution < -0.4 is 0 Å². The first-order valence-corrected chi connectivity index (χ1v) is 6.50. The van der Waals surface area contributed by atoms with Crippen molar-refractivity contribution in [2.45, 2.75) is 0 Å². The summed E-state index contributed by atoms with van der Waals surface area (Å²) in [6.07, 6.45) is 1.47. The van der Waals surface area contributed by atoms with Crippen LogP contribution in [0.5, 0.6) is 5.75 Å². The third-order valence-electron chi connectivity index (χ3n) is 3.01. The van der Waals surface area contributed by atoms with Gasteiger partial charge in [0.05, 0.1) is 28.3 Å². The van der Waals surface area contributed by atoms with E-state index in [-0.39, 0.29) is 10.6 Å². The van der Waals surface area contributed by atoms with Gasteiger partial charge in [0, 0.05) is 11.6 Å². The number of nitrogens with zero attached hydrogens (tertiary/aromatic N) is 2. The number of benzene rings is 1. The standard InChI is InChI=1S/C14H8N2O3S/c1-19-14(18)13-11(17)9-6-16-10-7(5-15)3-2-4-8(10)12(9)20-13/h2-4,6,17H,1H3. The molecule has 3 rings (SSSR count). The number of aromatic nitrogens is 1. The third-order valence-corrected chi connectivity index (χ3v) is 4.22. The van der Waals surface area contributed by atoms with E-state index in [9.17, 15) is 9.90 Å². The Kier molecular flexibility index (Phi) is 2.77. The van der Waals surface area contributed by atoms with E-state index in [0.29, 0.717) is 21.2 Å². The van der Waals surface area contributed by atoms with Crippen molar-refractivity contribution < 1.29 is 14.6 Å². The summed E-state index contributed by atoms with van der Waals surface area (Å²) in [5.74, 6) is -0.720. The number of esters is 1. The zero-order valence-corrected chi connectivity index (χ0v) is 11.2. The predicted molar refractivity (Wildman–Crippen MR) is 74.8 cm³/mol. The average molecular weight is 284 g/mol. The third kappa shape index (κ3) is 1.61. The molecule has 0 aliphatic rings. The number of aromatic hydroxyl groups is 1. The number of hydrogen-bond acceptors (Lipinski definition) is 6. The highest BCUT2D eigenvalue weighted by atomic mass is 32.1. The summed E-state index contributed by atoms with van der Waals surface area (Å²) >= 11 is 1.13. The Bertz CT molecular complexity index is 893. The fourth-order valence-corrected chi connectivity index (χ4v) is 3.18. The average Bonchev–Trinajstić information content (AvgIpc) is 2.83. The van der Waals surface area contributed by atoms with E-state index in [0.717, 1.165) is 16.7 Å². The smallest absolute Gasteiger partial charge is 0.351 e. The van der Waals surface area contributed by atoms with Gasteiger partial charge in [-0.15, -0.1) is 11.3 Å². The van der Waals surface area contributed by atoms with Crippen LogP contribution in [0.4, 0.5) is 0 Å². The Balaban J connectivity index is 2.44. The summed E-state index contributed by atoms with van der Waals surface area (Å²) < 4.78 is 5.36. The lowest BCUT2D eigenvalue weighted by molar-refractivity contribution is 0.0603. The van der Waals surface area contributed by atoms with Crippen molar-refractivity contribution in [3.63, 3.8) is 0 Å². The number of carbonyl (C=O) groups is 1. The van der Waals surface area contributed by atoms with Gasteiger partial charge >= 0.3 is 5.97 Å². The van der Waals surface area contributed by atoms with Crippen LogP contribution in [0.15, 0.2) is 24.4 Å². The maximum Gasteiger partial charge on any atom is 0.351 e. The van der Waals surface area contributed by atoms with E-state index in [2.05, 4.69) is 15.8 Å². The van der Waals surface area contributed by atoms with Gasteiger partial charge in [0.15, 0.2) is 4.88 Å². The van der Waals surface area contributed by atoms with Crippen molar-refractivity contribution in [3.8, 4) is 11.8 Å². The molecule has 0 fully saturated rings. The molecular weight excluding hydrogens is 276 g/mol. The molecule has 2 heterocycles. The first-order valence-electron chi connectivity index (χ1n) is 5.69. The van der Waals surface area contributed by atoms with E-state index < -0.39 is 5.97 Å². The van der Waals surface area contributed by atoms with Gasteiger partial charge in [-0.2, -0.15) is 5.26 Å². The molecule has 1 aromatic carbocycles. The van der Waals surface area contributed by atoms with Crippen LogP contribution in [0.3, 0.4) is 0 Å². The molecular formula is C14H8N2O3S. The van der Waals surface area contributed by atoms with Gasteiger partial charge in [-0.05, 0) is 6.07 Å². The van der Waals surface area contributed by atoms with Gasteiger partial charge in [0.2, 0.25) is 0 Å². The summed E-state index contributed by atoms with van der Waals surface area (Å²) in [5, 5.41) is 20.4. The number of methoxy groups -OCH3 is 1. The van der Waals surface area contributed by atoms with E-state index in [1.54, 1.807) is 12.1 Å². The van der Waals surface area contributed by atoms with Crippen molar-refractivity contribution >= 4 is 38.3 Å². The Labute approximate surface area is 117 Å². The summed E-state index contributed by atoms with van der Waals surface area (Å²) in [4.78, 5) is 16.0. The molecule has 5 nitrogen and oxygen atoms in total. The number of pyridine rings is 1. The SMILES string of the molecule is COC(=O)c1sc2c(cnc3c(C#N)cccc32)c1O. The molecule has 0 aliphatic heterocycles. The molecule has 2 aromatic heterocycles. The maximum absolute atomic E-state index is 11.6. The number of hydrogen-bond donors (Lipinski definition) is 1. The molecule has 0 bridgehead atoms. The van der Waals surface area contributed by atoms with Crippen molar-refractivity contribution in [3.05, 3.63) is 34.8 Å². The summed E-state index contributed by atoms with van der Waals surface area (Å²) in [7, 11) is 1.26. The van der Waals surface area contributed by atoms with E-state index in [1.807, 2.05) is 6.07 Å². The zero-order chi connectivity index (χ0) is 14.3. The molecule has 0 amide bonds. The van der Waals surface area contributed by atoms with Gasteiger partial charge in [-0.1, -0.05) is 12.1 Å². The predicted octanol–water partition coefficient (Wildman–Crippen LogP) is 2.81. The molecule has 0 spiro atoms. The first kappa shape index (κ1) is 12.4. The number of carbonyl (C=O) groups excluding carboxylic acids is 1. The van der Waals surface area contributed by atoms with Crippen LogP contribution in [0, 0.1) is 11.3 Å². The first-order chi connectivity index (χ1) is 9.67. The Hall–Kier alpha value is -2.65. The second-order valence-electron chi connectivity index (χ2n) is 4.09. The van der Waals surface area contributed by atoms with Crippen LogP contribution in [0.1, 0.15) is 15.2 Å². The van der Waals surface area contributed by atoms with Crippen molar-refractivity contribution in [1.82, 2.24) is 4.98 Å². The highest BCUT2D eigenvalue weighted by molar-refractivity contribution is 7.22. The topological polar surface area (TPSA) is 83.2 Å². The minimum absolute atomic E-state index is 0.131. The summed E-state index contributed by atoms with van der Waals surface area (Å²) in [6, 6.07) is 7.31. The van der Waals surface area contributed by atoms with Crippen LogP contribution in [-0.2, 0) is 4.74 Å². The number of ether oxygens (including phenoxy) is 1. The van der Waals surface area contributed by atoms with Gasteiger partial charge in [-0.3, -0.25) is 4.98 Å². The Morgan fingerprint density at radius 3 is 2.95 bits per heavy atom. The van der Waals surface area contributed by atoms with Crippen molar-refractivity contribution in [2.24, 2.45) is 0 Å². The number of fused-ring (bicyclic) bond motifs is 3. The van der Waals surface area contributed by atoms with E-state index >= 15 is 0 Å². The number of rotatable bonds is 1. The van der Waals surface area contributed by atoms with Crippen molar-refractivity contribution in [1.29, 1.82) is 5.26 Å². The molecule has 0 radical (unpaired) electrons. The van der Waals surface area contributed by atoms with Crippen LogP contribution in [-0.4, -0.2) is 23.2 Å². The molecule has 6 heteroatoms. The highest BCUT2D eigenvalue weighted by Crippen LogP contribution is 2.40. The van der Waals surface area contributed by atoms with Crippen LogP contribution in [0.2, 0.25) is 0 Å².